The van der Waals surface area contributed by atoms with Crippen LogP contribution in [0.3, 0.4) is 0 Å². The summed E-state index contributed by atoms with van der Waals surface area (Å²) in [5.41, 5.74) is 1.67. The smallest absolute Gasteiger partial charge is 0.0199 e. The van der Waals surface area contributed by atoms with Crippen LogP contribution in [0.5, 0.6) is 0 Å². The van der Waals surface area contributed by atoms with E-state index in [-0.39, 0.29) is 0 Å². The van der Waals surface area contributed by atoms with Gasteiger partial charge in [-0.3, -0.25) is 0 Å². The van der Waals surface area contributed by atoms with Gasteiger partial charge in [0.05, 0.1) is 0 Å². The average Bonchev–Trinajstić information content (AvgIpc) is 2.33. The van der Waals surface area contributed by atoms with E-state index >= 15 is 0 Å². The van der Waals surface area contributed by atoms with Crippen LogP contribution in [0, 0.1) is 0 Å². The normalized spacial score (nSPS) is 24.9. The fourth-order valence-electron chi connectivity index (χ4n) is 1.08. The van der Waals surface area contributed by atoms with Crippen LogP contribution in [0.25, 0.3) is 0 Å². The van der Waals surface area contributed by atoms with Crippen LogP contribution in [-0.2, 0) is 0 Å². The van der Waals surface area contributed by atoms with Gasteiger partial charge >= 0.3 is 0 Å². The molecule has 0 spiro atoms. The van der Waals surface area contributed by atoms with E-state index in [1.807, 2.05) is 23.5 Å². The van der Waals surface area contributed by atoms with Gasteiger partial charge in [0.25, 0.3) is 0 Å². The zero-order valence-corrected chi connectivity index (χ0v) is 6.73. The van der Waals surface area contributed by atoms with Gasteiger partial charge in [-0.15, -0.1) is 23.5 Å². The molecule has 0 nitrogen and oxygen atoms in total. The van der Waals surface area contributed by atoms with Crippen LogP contribution in [0.1, 0.15) is 6.42 Å². The van der Waals surface area contributed by atoms with Crippen molar-refractivity contribution in [3.63, 3.8) is 0 Å². The number of allylic oxidation sites excluding steroid dienone is 1. The Morgan fingerprint density at radius 3 is 3.33 bits per heavy atom. The van der Waals surface area contributed by atoms with Crippen LogP contribution < -0.4 is 0 Å². The van der Waals surface area contributed by atoms with Crippen LogP contribution in [0.4, 0.5) is 0 Å². The molecule has 2 aliphatic heterocycles. The molecular formula is C7H8S2. The predicted octanol–water partition coefficient (Wildman–Crippen LogP) is 2.64. The Bertz CT molecular complexity index is 179. The molecule has 0 bridgehead atoms. The predicted molar refractivity (Wildman–Crippen MR) is 45.7 cm³/mol. The molecule has 0 unspecified atom stereocenters. The highest BCUT2D eigenvalue weighted by Gasteiger charge is 2.14. The van der Waals surface area contributed by atoms with Gasteiger partial charge in [0.1, 0.15) is 0 Å². The Morgan fingerprint density at radius 1 is 1.44 bits per heavy atom. The zero-order valence-electron chi connectivity index (χ0n) is 5.09. The second-order valence-corrected chi connectivity index (χ2v) is 4.21. The minimum atomic E-state index is 1.25. The van der Waals surface area contributed by atoms with E-state index < -0.39 is 0 Å². The lowest BCUT2D eigenvalue weighted by Crippen LogP contribution is -1.87. The van der Waals surface area contributed by atoms with Crippen molar-refractivity contribution in [2.75, 3.05) is 11.5 Å². The van der Waals surface area contributed by atoms with Gasteiger partial charge in [0.2, 0.25) is 0 Å². The Kier molecular flexibility index (Phi) is 1.60. The minimum absolute atomic E-state index is 1.25. The first-order valence-corrected chi connectivity index (χ1v) is 5.13. The van der Waals surface area contributed by atoms with Gasteiger partial charge < -0.3 is 0 Å². The molecule has 2 rings (SSSR count). The molecule has 2 aliphatic rings. The molecule has 0 aliphatic carbocycles. The molecule has 0 fully saturated rings. The summed E-state index contributed by atoms with van der Waals surface area (Å²) in [4.78, 5) is 1.55. The third-order valence-electron chi connectivity index (χ3n) is 1.58. The van der Waals surface area contributed by atoms with Crippen molar-refractivity contribution >= 4 is 23.5 Å². The Hall–Kier alpha value is 0.180. The number of hydrogen-bond acceptors (Lipinski definition) is 2. The number of thioether (sulfide) groups is 2. The largest absolute Gasteiger partial charge is 0.130 e. The molecule has 0 radical (unpaired) electrons. The average molecular weight is 156 g/mol. The monoisotopic (exact) mass is 156 g/mol. The van der Waals surface area contributed by atoms with Crippen molar-refractivity contribution in [2.45, 2.75) is 6.42 Å². The second-order valence-electron chi connectivity index (χ2n) is 2.18. The van der Waals surface area contributed by atoms with Crippen molar-refractivity contribution in [3.8, 4) is 0 Å². The third-order valence-corrected chi connectivity index (χ3v) is 3.57. The number of hydrogen-bond donors (Lipinski definition) is 0. The van der Waals surface area contributed by atoms with E-state index in [0.29, 0.717) is 0 Å². The highest BCUT2D eigenvalue weighted by Crippen LogP contribution is 2.37. The molecule has 2 heterocycles. The van der Waals surface area contributed by atoms with Gasteiger partial charge in [-0.25, -0.2) is 0 Å². The summed E-state index contributed by atoms with van der Waals surface area (Å²) < 4.78 is 0. The third kappa shape index (κ3) is 1.06. The van der Waals surface area contributed by atoms with Crippen LogP contribution >= 0.6 is 23.5 Å². The first-order valence-electron chi connectivity index (χ1n) is 3.10. The minimum Gasteiger partial charge on any atom is -0.130 e. The molecule has 0 amide bonds. The Balaban J connectivity index is 2.28. The molecule has 0 atom stereocenters. The fourth-order valence-corrected chi connectivity index (χ4v) is 3.20. The van der Waals surface area contributed by atoms with Crippen LogP contribution in [-0.4, -0.2) is 11.5 Å². The maximum atomic E-state index is 2.25. The molecule has 0 aromatic heterocycles. The molecule has 0 aromatic carbocycles. The summed E-state index contributed by atoms with van der Waals surface area (Å²) in [6.45, 7) is 0. The second kappa shape index (κ2) is 2.43. The lowest BCUT2D eigenvalue weighted by molar-refractivity contribution is 1.14. The van der Waals surface area contributed by atoms with Crippen molar-refractivity contribution in [1.82, 2.24) is 0 Å². The van der Waals surface area contributed by atoms with Gasteiger partial charge in [-0.05, 0) is 23.5 Å². The van der Waals surface area contributed by atoms with Crippen LogP contribution in [0.15, 0.2) is 22.0 Å². The molecular weight excluding hydrogens is 148 g/mol. The summed E-state index contributed by atoms with van der Waals surface area (Å²) in [5, 5.41) is 2.21. The molecule has 2 heteroatoms. The SMILES string of the molecule is C1=CC2=C(CCS2)CS1. The van der Waals surface area contributed by atoms with Gasteiger partial charge in [0.15, 0.2) is 0 Å². The summed E-state index contributed by atoms with van der Waals surface area (Å²) in [5.74, 6) is 2.56. The summed E-state index contributed by atoms with van der Waals surface area (Å²) in [7, 11) is 0. The summed E-state index contributed by atoms with van der Waals surface area (Å²) in [6.07, 6.45) is 3.58. The lowest BCUT2D eigenvalue weighted by atomic mass is 10.2. The van der Waals surface area contributed by atoms with E-state index in [1.165, 1.54) is 17.9 Å². The van der Waals surface area contributed by atoms with Gasteiger partial charge in [0, 0.05) is 16.4 Å². The van der Waals surface area contributed by atoms with E-state index in [9.17, 15) is 0 Å². The standard InChI is InChI=1S/C7H8S2/c1-4-9-7-2-3-8-5-6(1)7/h2-3H,1,4-5H2. The summed E-state index contributed by atoms with van der Waals surface area (Å²) >= 11 is 3.93. The number of rotatable bonds is 0. The van der Waals surface area contributed by atoms with Crippen molar-refractivity contribution in [3.05, 3.63) is 22.0 Å². The van der Waals surface area contributed by atoms with E-state index in [2.05, 4.69) is 11.5 Å². The quantitative estimate of drug-likeness (QED) is 0.529. The molecule has 9 heavy (non-hydrogen) atoms. The van der Waals surface area contributed by atoms with Crippen molar-refractivity contribution in [1.29, 1.82) is 0 Å². The topological polar surface area (TPSA) is 0 Å². The maximum Gasteiger partial charge on any atom is 0.0199 e. The highest BCUT2D eigenvalue weighted by molar-refractivity contribution is 8.04. The molecule has 0 N–H and O–H groups in total. The van der Waals surface area contributed by atoms with E-state index in [1.54, 1.807) is 10.5 Å². The highest BCUT2D eigenvalue weighted by atomic mass is 32.2. The Labute approximate surface area is 63.8 Å². The first-order chi connectivity index (χ1) is 4.47. The maximum absolute atomic E-state index is 2.25. The molecule has 0 saturated carbocycles. The molecule has 0 aromatic rings. The van der Waals surface area contributed by atoms with Crippen molar-refractivity contribution in [2.24, 2.45) is 0 Å². The van der Waals surface area contributed by atoms with Crippen LogP contribution in [0.2, 0.25) is 0 Å². The van der Waals surface area contributed by atoms with Crippen molar-refractivity contribution < 1.29 is 0 Å². The fraction of sp³-hybridized carbons (Fsp3) is 0.429. The zero-order chi connectivity index (χ0) is 6.10. The Morgan fingerprint density at radius 2 is 2.44 bits per heavy atom. The van der Waals surface area contributed by atoms with E-state index in [0.717, 1.165) is 0 Å². The lowest BCUT2D eigenvalue weighted by Gasteiger charge is -2.04. The molecule has 48 valence electrons. The molecule has 0 saturated heterocycles. The van der Waals surface area contributed by atoms with E-state index in [4.69, 9.17) is 0 Å². The van der Waals surface area contributed by atoms with Gasteiger partial charge in [-0.2, -0.15) is 0 Å². The van der Waals surface area contributed by atoms with Gasteiger partial charge in [-0.1, -0.05) is 0 Å². The summed E-state index contributed by atoms with van der Waals surface area (Å²) in [6, 6.07) is 0. The first kappa shape index (κ1) is 5.93.